The standard InChI is InChI=1S/C22H21N3O4/c26-14-6-3-5-13(11-14)21-18-19(16-8-1-2-9-17(16)27)23-24-20(18)22(28)25(21)12-15-7-4-10-29-15/h1-3,5-6,8-9,11,15,21,26-27H,4,7,10,12H2,(H,23,24)/t15-,21-/m1/s1. The van der Waals surface area contributed by atoms with Gasteiger partial charge < -0.3 is 19.8 Å². The van der Waals surface area contributed by atoms with E-state index < -0.39 is 6.04 Å². The highest BCUT2D eigenvalue weighted by molar-refractivity contribution is 6.00. The number of H-pyrrole nitrogens is 1. The van der Waals surface area contributed by atoms with Crippen LogP contribution in [0.5, 0.6) is 11.5 Å². The number of nitrogens with one attached hydrogen (secondary N) is 1. The highest BCUT2D eigenvalue weighted by Gasteiger charge is 2.43. The first-order valence-corrected chi connectivity index (χ1v) is 9.71. The van der Waals surface area contributed by atoms with Crippen molar-refractivity contribution in [2.45, 2.75) is 25.0 Å². The summed E-state index contributed by atoms with van der Waals surface area (Å²) in [5, 5.41) is 27.6. The van der Waals surface area contributed by atoms with Gasteiger partial charge in [-0.2, -0.15) is 5.10 Å². The summed E-state index contributed by atoms with van der Waals surface area (Å²) >= 11 is 0. The Morgan fingerprint density at radius 2 is 2.03 bits per heavy atom. The molecule has 1 saturated heterocycles. The highest BCUT2D eigenvalue weighted by Crippen LogP contribution is 2.45. The van der Waals surface area contributed by atoms with Crippen LogP contribution < -0.4 is 0 Å². The van der Waals surface area contributed by atoms with Gasteiger partial charge in [-0.15, -0.1) is 0 Å². The van der Waals surface area contributed by atoms with Crippen molar-refractivity contribution < 1.29 is 19.7 Å². The van der Waals surface area contributed by atoms with Crippen LogP contribution in [0.1, 0.15) is 40.5 Å². The molecule has 1 fully saturated rings. The van der Waals surface area contributed by atoms with E-state index in [4.69, 9.17) is 4.74 Å². The molecule has 1 aromatic heterocycles. The van der Waals surface area contributed by atoms with E-state index in [0.29, 0.717) is 35.7 Å². The molecule has 2 aliphatic heterocycles. The summed E-state index contributed by atoms with van der Waals surface area (Å²) in [6, 6.07) is 13.4. The summed E-state index contributed by atoms with van der Waals surface area (Å²) in [7, 11) is 0. The molecule has 29 heavy (non-hydrogen) atoms. The lowest BCUT2D eigenvalue weighted by Gasteiger charge is -2.28. The molecule has 0 aliphatic carbocycles. The summed E-state index contributed by atoms with van der Waals surface area (Å²) in [6.07, 6.45) is 1.89. The summed E-state index contributed by atoms with van der Waals surface area (Å²) in [5.74, 6) is 0.0765. The number of para-hydroxylation sites is 1. The zero-order valence-electron chi connectivity index (χ0n) is 15.7. The second-order valence-corrected chi connectivity index (χ2v) is 7.47. The molecule has 0 saturated carbocycles. The Morgan fingerprint density at radius 1 is 1.17 bits per heavy atom. The van der Waals surface area contributed by atoms with Crippen molar-refractivity contribution in [1.82, 2.24) is 15.1 Å². The van der Waals surface area contributed by atoms with Crippen LogP contribution in [0.2, 0.25) is 0 Å². The Kier molecular flexibility index (Phi) is 4.24. The van der Waals surface area contributed by atoms with E-state index >= 15 is 0 Å². The number of nitrogens with zero attached hydrogens (tertiary/aromatic N) is 2. The molecular formula is C22H21N3O4. The minimum atomic E-state index is -0.429. The number of aromatic nitrogens is 2. The van der Waals surface area contributed by atoms with E-state index in [2.05, 4.69) is 10.2 Å². The monoisotopic (exact) mass is 391 g/mol. The van der Waals surface area contributed by atoms with E-state index in [1.54, 1.807) is 41.3 Å². The van der Waals surface area contributed by atoms with Crippen molar-refractivity contribution in [1.29, 1.82) is 0 Å². The molecule has 1 amide bonds. The largest absolute Gasteiger partial charge is 0.508 e. The van der Waals surface area contributed by atoms with Crippen LogP contribution in [0.3, 0.4) is 0 Å². The Hall–Kier alpha value is -3.32. The van der Waals surface area contributed by atoms with Gasteiger partial charge >= 0.3 is 0 Å². The average Bonchev–Trinajstić information content (AvgIpc) is 3.42. The number of hydrogen-bond donors (Lipinski definition) is 3. The van der Waals surface area contributed by atoms with Gasteiger partial charge in [-0.3, -0.25) is 9.89 Å². The molecule has 2 aliphatic rings. The summed E-state index contributed by atoms with van der Waals surface area (Å²) in [5.41, 5.74) is 3.00. The van der Waals surface area contributed by atoms with E-state index in [9.17, 15) is 15.0 Å². The number of phenols is 2. The highest BCUT2D eigenvalue weighted by atomic mass is 16.5. The molecule has 5 rings (SSSR count). The molecule has 3 aromatic rings. The van der Waals surface area contributed by atoms with Crippen molar-refractivity contribution in [2.24, 2.45) is 0 Å². The Labute approximate surface area is 167 Å². The molecule has 3 N–H and O–H groups in total. The number of hydrogen-bond acceptors (Lipinski definition) is 5. The van der Waals surface area contributed by atoms with E-state index in [-0.39, 0.29) is 23.5 Å². The van der Waals surface area contributed by atoms with E-state index in [1.165, 1.54) is 0 Å². The third-order valence-electron chi connectivity index (χ3n) is 5.63. The lowest BCUT2D eigenvalue weighted by molar-refractivity contribution is 0.0495. The lowest BCUT2D eigenvalue weighted by Crippen LogP contribution is -2.36. The fraction of sp³-hybridized carbons (Fsp3) is 0.273. The van der Waals surface area contributed by atoms with Gasteiger partial charge in [0.15, 0.2) is 0 Å². The van der Waals surface area contributed by atoms with Gasteiger partial charge in [0.25, 0.3) is 5.91 Å². The van der Waals surface area contributed by atoms with Crippen LogP contribution in [0.15, 0.2) is 48.5 Å². The molecule has 0 spiro atoms. The van der Waals surface area contributed by atoms with Crippen LogP contribution in [-0.4, -0.2) is 50.5 Å². The molecule has 0 unspecified atom stereocenters. The number of amides is 1. The van der Waals surface area contributed by atoms with Gasteiger partial charge in [0.1, 0.15) is 22.9 Å². The zero-order valence-corrected chi connectivity index (χ0v) is 15.7. The minimum absolute atomic E-state index is 0.00991. The molecule has 2 aromatic carbocycles. The smallest absolute Gasteiger partial charge is 0.273 e. The third kappa shape index (κ3) is 2.94. The van der Waals surface area contributed by atoms with Crippen molar-refractivity contribution >= 4 is 5.91 Å². The van der Waals surface area contributed by atoms with Crippen molar-refractivity contribution in [3.05, 3.63) is 65.4 Å². The molecular weight excluding hydrogens is 370 g/mol. The minimum Gasteiger partial charge on any atom is -0.508 e. The Bertz CT molecular complexity index is 1070. The van der Waals surface area contributed by atoms with Crippen LogP contribution >= 0.6 is 0 Å². The van der Waals surface area contributed by atoms with Gasteiger partial charge in [-0.25, -0.2) is 0 Å². The number of carbonyl (C=O) groups excluding carboxylic acids is 1. The number of benzene rings is 2. The first-order valence-electron chi connectivity index (χ1n) is 9.71. The number of rotatable bonds is 4. The molecule has 148 valence electrons. The number of phenolic OH excluding ortho intramolecular Hbond substituents is 2. The summed E-state index contributed by atoms with van der Waals surface area (Å²) in [6.45, 7) is 1.17. The Morgan fingerprint density at radius 3 is 2.79 bits per heavy atom. The van der Waals surface area contributed by atoms with Crippen LogP contribution in [0.4, 0.5) is 0 Å². The van der Waals surface area contributed by atoms with Crippen LogP contribution in [-0.2, 0) is 4.74 Å². The number of aromatic amines is 1. The molecule has 0 radical (unpaired) electrons. The van der Waals surface area contributed by atoms with Gasteiger partial charge in [0, 0.05) is 24.3 Å². The molecule has 0 bridgehead atoms. The van der Waals surface area contributed by atoms with Gasteiger partial charge in [-0.1, -0.05) is 24.3 Å². The van der Waals surface area contributed by atoms with Crippen molar-refractivity contribution in [2.75, 3.05) is 13.2 Å². The summed E-state index contributed by atoms with van der Waals surface area (Å²) < 4.78 is 5.77. The fourth-order valence-electron chi connectivity index (χ4n) is 4.31. The van der Waals surface area contributed by atoms with Gasteiger partial charge in [0.05, 0.1) is 12.1 Å². The molecule has 7 nitrogen and oxygen atoms in total. The zero-order chi connectivity index (χ0) is 20.0. The number of carbonyl (C=O) groups is 1. The number of aromatic hydroxyl groups is 2. The lowest BCUT2D eigenvalue weighted by atomic mass is 9.95. The van der Waals surface area contributed by atoms with Crippen LogP contribution in [0, 0.1) is 0 Å². The van der Waals surface area contributed by atoms with Gasteiger partial charge in [-0.05, 0) is 42.7 Å². The SMILES string of the molecule is O=C1c2[nH]nc(-c3ccccc3O)c2[C@@H](c2cccc(O)c2)N1C[C@H]1CCCO1. The van der Waals surface area contributed by atoms with E-state index in [0.717, 1.165) is 18.4 Å². The quantitative estimate of drug-likeness (QED) is 0.634. The third-order valence-corrected chi connectivity index (χ3v) is 5.63. The number of fused-ring (bicyclic) bond motifs is 1. The predicted octanol–water partition coefficient (Wildman–Crippen LogP) is 3.21. The molecule has 2 atom stereocenters. The fourth-order valence-corrected chi connectivity index (χ4v) is 4.31. The maximum Gasteiger partial charge on any atom is 0.273 e. The normalized spacial score (nSPS) is 21.0. The van der Waals surface area contributed by atoms with E-state index in [1.807, 2.05) is 12.1 Å². The average molecular weight is 391 g/mol. The second kappa shape index (κ2) is 6.93. The maximum absolute atomic E-state index is 13.3. The maximum atomic E-state index is 13.3. The van der Waals surface area contributed by atoms with Crippen molar-refractivity contribution in [3.8, 4) is 22.8 Å². The summed E-state index contributed by atoms with van der Waals surface area (Å²) in [4.78, 5) is 15.0. The number of ether oxygens (including phenoxy) is 1. The first kappa shape index (κ1) is 17.8. The van der Waals surface area contributed by atoms with Gasteiger partial charge in [0.2, 0.25) is 0 Å². The molecule has 3 heterocycles. The first-order chi connectivity index (χ1) is 14.1. The second-order valence-electron chi connectivity index (χ2n) is 7.47. The molecule has 7 heteroatoms. The van der Waals surface area contributed by atoms with Crippen LogP contribution in [0.25, 0.3) is 11.3 Å². The predicted molar refractivity (Wildman–Crippen MR) is 106 cm³/mol. The topological polar surface area (TPSA) is 98.7 Å². The van der Waals surface area contributed by atoms with Crippen molar-refractivity contribution in [3.63, 3.8) is 0 Å². The Balaban J connectivity index is 1.65.